The molecule has 1 fully saturated rings. The zero-order valence-corrected chi connectivity index (χ0v) is 17.2. The van der Waals surface area contributed by atoms with Crippen molar-refractivity contribution < 1.29 is 17.5 Å². The molecular formula is C19H30FN3O3S. The Labute approximate surface area is 161 Å². The van der Waals surface area contributed by atoms with E-state index in [0.29, 0.717) is 23.6 Å². The molecule has 2 rings (SSSR count). The van der Waals surface area contributed by atoms with E-state index in [2.05, 4.69) is 15.6 Å². The molecule has 1 aromatic carbocycles. The molecule has 0 unspecified atom stereocenters. The molecule has 0 amide bonds. The van der Waals surface area contributed by atoms with Crippen molar-refractivity contribution >= 4 is 15.8 Å². The van der Waals surface area contributed by atoms with E-state index in [0.717, 1.165) is 26.2 Å². The molecule has 0 atom stereocenters. The van der Waals surface area contributed by atoms with E-state index in [1.54, 1.807) is 7.05 Å². The predicted octanol–water partition coefficient (Wildman–Crippen LogP) is 2.24. The van der Waals surface area contributed by atoms with Gasteiger partial charge in [0.2, 0.25) is 0 Å². The fraction of sp³-hybridized carbons (Fsp3) is 0.632. The molecule has 2 N–H and O–H groups in total. The molecular weight excluding hydrogens is 369 g/mol. The Morgan fingerprint density at radius 1 is 1.30 bits per heavy atom. The van der Waals surface area contributed by atoms with Crippen LogP contribution >= 0.6 is 0 Å². The highest BCUT2D eigenvalue weighted by Crippen LogP contribution is 2.48. The summed E-state index contributed by atoms with van der Waals surface area (Å²) in [5.41, 5.74) is 1.48. The van der Waals surface area contributed by atoms with Crippen LogP contribution in [-0.2, 0) is 26.9 Å². The molecule has 0 bridgehead atoms. The van der Waals surface area contributed by atoms with Crippen molar-refractivity contribution in [1.29, 1.82) is 0 Å². The number of aliphatic imine (C=N–C) groups is 1. The number of ether oxygens (including phenoxy) is 1. The third kappa shape index (κ3) is 7.46. The lowest BCUT2D eigenvalue weighted by Crippen LogP contribution is -2.40. The molecule has 27 heavy (non-hydrogen) atoms. The minimum Gasteiger partial charge on any atom is -0.382 e. The fourth-order valence-corrected chi connectivity index (χ4v) is 3.82. The third-order valence-corrected chi connectivity index (χ3v) is 5.66. The maximum absolute atomic E-state index is 13.6. The van der Waals surface area contributed by atoms with Gasteiger partial charge in [-0.05, 0) is 54.9 Å². The van der Waals surface area contributed by atoms with Gasteiger partial charge in [-0.2, -0.15) is 0 Å². The maximum atomic E-state index is 13.6. The summed E-state index contributed by atoms with van der Waals surface area (Å²) in [6, 6.07) is 4.17. The van der Waals surface area contributed by atoms with E-state index in [9.17, 15) is 12.8 Å². The first-order valence-electron chi connectivity index (χ1n) is 9.24. The molecule has 6 nitrogen and oxygen atoms in total. The lowest BCUT2D eigenvalue weighted by atomic mass is 10.0. The zero-order valence-electron chi connectivity index (χ0n) is 16.3. The first-order chi connectivity index (χ1) is 12.8. The molecule has 1 aliphatic carbocycles. The highest BCUT2D eigenvalue weighted by molar-refractivity contribution is 7.89. The van der Waals surface area contributed by atoms with Gasteiger partial charge in [0.15, 0.2) is 15.8 Å². The van der Waals surface area contributed by atoms with E-state index in [1.165, 1.54) is 37.3 Å². The van der Waals surface area contributed by atoms with Gasteiger partial charge in [-0.1, -0.05) is 6.07 Å². The summed E-state index contributed by atoms with van der Waals surface area (Å²) in [6.07, 6.45) is 4.54. The molecule has 0 aliphatic heterocycles. The van der Waals surface area contributed by atoms with Crippen molar-refractivity contribution in [1.82, 2.24) is 10.6 Å². The Hall–Kier alpha value is -1.67. The highest BCUT2D eigenvalue weighted by atomic mass is 32.2. The first-order valence-corrected chi connectivity index (χ1v) is 11.3. The van der Waals surface area contributed by atoms with Gasteiger partial charge in [0.1, 0.15) is 5.82 Å². The van der Waals surface area contributed by atoms with Crippen molar-refractivity contribution in [3.63, 3.8) is 0 Å². The van der Waals surface area contributed by atoms with Gasteiger partial charge in [0.25, 0.3) is 0 Å². The van der Waals surface area contributed by atoms with Crippen LogP contribution in [0.5, 0.6) is 0 Å². The fourth-order valence-electron chi connectivity index (χ4n) is 2.98. The van der Waals surface area contributed by atoms with Crippen LogP contribution in [0, 0.1) is 11.2 Å². The lowest BCUT2D eigenvalue weighted by Gasteiger charge is -2.19. The number of benzene rings is 1. The zero-order chi connectivity index (χ0) is 19.9. The molecule has 0 saturated heterocycles. The Kier molecular flexibility index (Phi) is 7.61. The smallest absolute Gasteiger partial charge is 0.191 e. The monoisotopic (exact) mass is 399 g/mol. The molecule has 0 heterocycles. The molecule has 0 aromatic heterocycles. The van der Waals surface area contributed by atoms with E-state index < -0.39 is 9.84 Å². The number of hydrogen-bond acceptors (Lipinski definition) is 4. The van der Waals surface area contributed by atoms with Crippen molar-refractivity contribution in [2.75, 3.05) is 33.1 Å². The molecule has 0 spiro atoms. The number of guanidine groups is 1. The average Bonchev–Trinajstić information content (AvgIpc) is 3.36. The standard InChI is InChI=1S/C19H30FN3O3S/c1-4-26-10-9-19(7-8-19)14-23-18(21-2)22-12-16-11-17(20)6-5-15(16)13-27(3,24)25/h5-6,11H,4,7-10,12-14H2,1-3H3,(H2,21,22,23). The number of nitrogens with one attached hydrogen (secondary N) is 2. The minimum absolute atomic E-state index is 0.114. The second-order valence-corrected chi connectivity index (χ2v) is 9.35. The van der Waals surface area contributed by atoms with E-state index in [1.807, 2.05) is 6.92 Å². The number of hydrogen-bond donors (Lipinski definition) is 2. The summed E-state index contributed by atoms with van der Waals surface area (Å²) in [5.74, 6) is 0.115. The summed E-state index contributed by atoms with van der Waals surface area (Å²) in [5, 5.41) is 6.48. The van der Waals surface area contributed by atoms with Gasteiger partial charge in [0, 0.05) is 39.6 Å². The van der Waals surface area contributed by atoms with Crippen LogP contribution in [0.2, 0.25) is 0 Å². The van der Waals surface area contributed by atoms with Gasteiger partial charge in [0.05, 0.1) is 5.75 Å². The third-order valence-electron chi connectivity index (χ3n) is 4.82. The van der Waals surface area contributed by atoms with E-state index in [4.69, 9.17) is 4.74 Å². The van der Waals surface area contributed by atoms with Gasteiger partial charge >= 0.3 is 0 Å². The summed E-state index contributed by atoms with van der Waals surface area (Å²) in [7, 11) is -1.52. The summed E-state index contributed by atoms with van der Waals surface area (Å²) >= 11 is 0. The van der Waals surface area contributed by atoms with Crippen LogP contribution < -0.4 is 10.6 Å². The Balaban J connectivity index is 1.91. The molecule has 8 heteroatoms. The van der Waals surface area contributed by atoms with Gasteiger partial charge in [-0.15, -0.1) is 0 Å². The second-order valence-electron chi connectivity index (χ2n) is 7.21. The Bertz CT molecular complexity index is 761. The summed E-state index contributed by atoms with van der Waals surface area (Å²) < 4.78 is 42.3. The second kappa shape index (κ2) is 9.50. The Morgan fingerprint density at radius 3 is 2.63 bits per heavy atom. The van der Waals surface area contributed by atoms with Crippen molar-refractivity contribution in [3.05, 3.63) is 35.1 Å². The van der Waals surface area contributed by atoms with Crippen LogP contribution in [0.3, 0.4) is 0 Å². The highest BCUT2D eigenvalue weighted by Gasteiger charge is 2.41. The van der Waals surface area contributed by atoms with Crippen LogP contribution in [0.1, 0.15) is 37.3 Å². The van der Waals surface area contributed by atoms with E-state index in [-0.39, 0.29) is 17.0 Å². The SMILES string of the molecule is CCOCCC1(CNC(=NC)NCc2cc(F)ccc2CS(C)(=O)=O)CC1. The average molecular weight is 400 g/mol. The summed E-state index contributed by atoms with van der Waals surface area (Å²) in [4.78, 5) is 4.21. The number of halogens is 1. The number of rotatable bonds is 10. The lowest BCUT2D eigenvalue weighted by molar-refractivity contribution is 0.128. The van der Waals surface area contributed by atoms with Gasteiger partial charge in [-0.25, -0.2) is 12.8 Å². The van der Waals surface area contributed by atoms with Gasteiger partial charge < -0.3 is 15.4 Å². The number of nitrogens with zero attached hydrogens (tertiary/aromatic N) is 1. The van der Waals surface area contributed by atoms with Gasteiger partial charge in [-0.3, -0.25) is 4.99 Å². The molecule has 1 saturated carbocycles. The van der Waals surface area contributed by atoms with Crippen LogP contribution in [0.15, 0.2) is 23.2 Å². The summed E-state index contributed by atoms with van der Waals surface area (Å²) in [6.45, 7) is 4.60. The quantitative estimate of drug-likeness (QED) is 0.358. The van der Waals surface area contributed by atoms with Crippen LogP contribution in [0.25, 0.3) is 0 Å². The number of sulfone groups is 1. The molecule has 152 valence electrons. The van der Waals surface area contributed by atoms with E-state index >= 15 is 0 Å². The largest absolute Gasteiger partial charge is 0.382 e. The first kappa shape index (κ1) is 21.6. The maximum Gasteiger partial charge on any atom is 0.191 e. The predicted molar refractivity (Wildman–Crippen MR) is 106 cm³/mol. The molecule has 1 aromatic rings. The topological polar surface area (TPSA) is 79.8 Å². The van der Waals surface area contributed by atoms with Crippen molar-refractivity contribution in [2.45, 2.75) is 38.5 Å². The Morgan fingerprint density at radius 2 is 2.04 bits per heavy atom. The van der Waals surface area contributed by atoms with Crippen LogP contribution in [0.4, 0.5) is 4.39 Å². The van der Waals surface area contributed by atoms with Crippen molar-refractivity contribution in [3.8, 4) is 0 Å². The minimum atomic E-state index is -3.20. The molecule has 1 aliphatic rings. The normalized spacial score (nSPS) is 16.2. The molecule has 0 radical (unpaired) electrons. The van der Waals surface area contributed by atoms with Crippen LogP contribution in [-0.4, -0.2) is 47.4 Å². The van der Waals surface area contributed by atoms with Crippen molar-refractivity contribution in [2.24, 2.45) is 10.4 Å².